The van der Waals surface area contributed by atoms with Crippen molar-refractivity contribution in [3.05, 3.63) is 17.2 Å². The van der Waals surface area contributed by atoms with E-state index in [1.54, 1.807) is 0 Å². The van der Waals surface area contributed by atoms with Crippen molar-refractivity contribution in [3.63, 3.8) is 0 Å². The Morgan fingerprint density at radius 2 is 2.04 bits per heavy atom. The zero-order chi connectivity index (χ0) is 17.2. The van der Waals surface area contributed by atoms with Crippen LogP contribution in [0, 0.1) is 5.41 Å². The van der Waals surface area contributed by atoms with E-state index in [0.29, 0.717) is 5.92 Å². The van der Waals surface area contributed by atoms with Gasteiger partial charge in [-0.3, -0.25) is 0 Å². The molecule has 128 valence electrons. The molecule has 3 rings (SSSR count). The quantitative estimate of drug-likeness (QED) is 0.859. The highest BCUT2D eigenvalue weighted by Gasteiger charge is 2.61. The number of carbonyl (C=O) groups excluding carboxylic acids is 1. The molecule has 23 heavy (non-hydrogen) atoms. The number of nitrogens with one attached hydrogen (secondary N) is 2. The number of imidazole rings is 1. The predicted molar refractivity (Wildman–Crippen MR) is 89.5 cm³/mol. The summed E-state index contributed by atoms with van der Waals surface area (Å²) in [6.07, 6.45) is 2.00. The van der Waals surface area contributed by atoms with Crippen LogP contribution in [0.2, 0.25) is 0 Å². The maximum Gasteiger partial charge on any atom is 0.408 e. The van der Waals surface area contributed by atoms with Crippen LogP contribution in [0.25, 0.3) is 0 Å². The molecular weight excluding hydrogens is 290 g/mol. The second-order valence-corrected chi connectivity index (χ2v) is 8.90. The van der Waals surface area contributed by atoms with E-state index in [9.17, 15) is 4.79 Å². The summed E-state index contributed by atoms with van der Waals surface area (Å²) in [7, 11) is 0. The normalized spacial score (nSPS) is 29.3. The molecule has 1 amide bonds. The molecule has 1 heterocycles. The molecule has 3 atom stereocenters. The standard InChI is InChI=1S/C18H29N3O2/c1-10(19-15(22)23-16(2,3)4)14-20-12-11-8-9-18(7,13(12)21-14)17(11,5)6/h10-11H,8-9H2,1-7H3,(H,19,22)(H,20,21). The lowest BCUT2D eigenvalue weighted by Gasteiger charge is -2.34. The summed E-state index contributed by atoms with van der Waals surface area (Å²) in [5.41, 5.74) is 2.36. The van der Waals surface area contributed by atoms with Crippen LogP contribution in [-0.4, -0.2) is 21.7 Å². The monoisotopic (exact) mass is 319 g/mol. The van der Waals surface area contributed by atoms with E-state index >= 15 is 0 Å². The Morgan fingerprint density at radius 3 is 2.61 bits per heavy atom. The molecule has 0 aliphatic heterocycles. The fourth-order valence-electron chi connectivity index (χ4n) is 4.27. The minimum absolute atomic E-state index is 0.132. The first-order valence-electron chi connectivity index (χ1n) is 8.55. The first kappa shape index (κ1) is 16.3. The van der Waals surface area contributed by atoms with Crippen LogP contribution in [0.5, 0.6) is 0 Å². The molecule has 1 fully saturated rings. The highest BCUT2D eigenvalue weighted by Crippen LogP contribution is 2.66. The number of hydrogen-bond donors (Lipinski definition) is 2. The lowest BCUT2D eigenvalue weighted by atomic mass is 9.70. The number of aromatic nitrogens is 2. The summed E-state index contributed by atoms with van der Waals surface area (Å²) in [5, 5.41) is 2.87. The van der Waals surface area contributed by atoms with E-state index in [1.165, 1.54) is 24.2 Å². The first-order valence-corrected chi connectivity index (χ1v) is 8.55. The van der Waals surface area contributed by atoms with Crippen molar-refractivity contribution >= 4 is 6.09 Å². The van der Waals surface area contributed by atoms with Crippen molar-refractivity contribution in [3.8, 4) is 0 Å². The van der Waals surface area contributed by atoms with Crippen molar-refractivity contribution in [1.29, 1.82) is 0 Å². The third-order valence-electron chi connectivity index (χ3n) is 5.99. The van der Waals surface area contributed by atoms with E-state index < -0.39 is 11.7 Å². The fraction of sp³-hybridized carbons (Fsp3) is 0.778. The van der Waals surface area contributed by atoms with E-state index in [1.807, 2.05) is 27.7 Å². The average Bonchev–Trinajstić information content (AvgIpc) is 2.94. The Kier molecular flexibility index (Phi) is 3.37. The topological polar surface area (TPSA) is 67.0 Å². The van der Waals surface area contributed by atoms with Crippen LogP contribution < -0.4 is 5.32 Å². The van der Waals surface area contributed by atoms with Gasteiger partial charge in [0.05, 0.1) is 11.7 Å². The fourth-order valence-corrected chi connectivity index (χ4v) is 4.27. The Balaban J connectivity index is 1.78. The Bertz CT molecular complexity index is 641. The maximum atomic E-state index is 11.9. The van der Waals surface area contributed by atoms with Crippen LogP contribution in [0.1, 0.15) is 90.5 Å². The lowest BCUT2D eigenvalue weighted by molar-refractivity contribution is 0.0505. The van der Waals surface area contributed by atoms with Crippen molar-refractivity contribution < 1.29 is 9.53 Å². The molecule has 2 aliphatic carbocycles. The molecule has 0 saturated heterocycles. The van der Waals surface area contributed by atoms with Gasteiger partial charge in [-0.15, -0.1) is 0 Å². The van der Waals surface area contributed by atoms with Gasteiger partial charge in [-0.05, 0) is 46.0 Å². The molecule has 0 radical (unpaired) electrons. The second-order valence-electron chi connectivity index (χ2n) is 8.90. The van der Waals surface area contributed by atoms with Crippen LogP contribution >= 0.6 is 0 Å². The molecule has 1 aromatic rings. The van der Waals surface area contributed by atoms with E-state index in [2.05, 4.69) is 31.1 Å². The summed E-state index contributed by atoms with van der Waals surface area (Å²) in [6, 6.07) is -0.193. The summed E-state index contributed by atoms with van der Waals surface area (Å²) in [4.78, 5) is 20.3. The smallest absolute Gasteiger partial charge is 0.408 e. The largest absolute Gasteiger partial charge is 0.444 e. The van der Waals surface area contributed by atoms with E-state index in [-0.39, 0.29) is 16.9 Å². The molecule has 5 nitrogen and oxygen atoms in total. The van der Waals surface area contributed by atoms with Gasteiger partial charge in [0.15, 0.2) is 0 Å². The summed E-state index contributed by atoms with van der Waals surface area (Å²) in [6.45, 7) is 14.5. The van der Waals surface area contributed by atoms with Crippen LogP contribution in [0.4, 0.5) is 4.79 Å². The Morgan fingerprint density at radius 1 is 1.39 bits per heavy atom. The van der Waals surface area contributed by atoms with E-state index in [0.717, 1.165) is 5.82 Å². The maximum absolute atomic E-state index is 11.9. The number of fused-ring (bicyclic) bond motifs is 5. The molecule has 0 spiro atoms. The van der Waals surface area contributed by atoms with Gasteiger partial charge < -0.3 is 15.0 Å². The summed E-state index contributed by atoms with van der Waals surface area (Å²) in [5.74, 6) is 1.37. The average molecular weight is 319 g/mol. The number of rotatable bonds is 2. The number of nitrogens with zero attached hydrogens (tertiary/aromatic N) is 1. The first-order chi connectivity index (χ1) is 10.5. The number of ether oxygens (including phenoxy) is 1. The van der Waals surface area contributed by atoms with Crippen LogP contribution in [0.3, 0.4) is 0 Å². The van der Waals surface area contributed by atoms with Gasteiger partial charge in [-0.25, -0.2) is 9.78 Å². The minimum atomic E-state index is -0.495. The van der Waals surface area contributed by atoms with Crippen molar-refractivity contribution in [2.24, 2.45) is 5.41 Å². The Hall–Kier alpha value is -1.52. The number of hydrogen-bond acceptors (Lipinski definition) is 3. The highest BCUT2D eigenvalue weighted by molar-refractivity contribution is 5.68. The molecular formula is C18H29N3O2. The molecule has 2 aliphatic rings. The molecule has 2 N–H and O–H groups in total. The van der Waals surface area contributed by atoms with Gasteiger partial charge in [0.1, 0.15) is 11.4 Å². The number of H-pyrrole nitrogens is 1. The number of alkyl carbamates (subject to hydrolysis) is 1. The van der Waals surface area contributed by atoms with Crippen molar-refractivity contribution in [2.45, 2.75) is 84.3 Å². The van der Waals surface area contributed by atoms with Gasteiger partial charge in [-0.1, -0.05) is 20.8 Å². The Labute approximate surface area is 138 Å². The number of carbonyl (C=O) groups is 1. The van der Waals surface area contributed by atoms with Crippen molar-refractivity contribution in [2.75, 3.05) is 0 Å². The second kappa shape index (κ2) is 4.74. The number of amides is 1. The zero-order valence-electron chi connectivity index (χ0n) is 15.3. The van der Waals surface area contributed by atoms with Crippen LogP contribution in [-0.2, 0) is 10.2 Å². The SMILES string of the molecule is CC(NC(=O)OC(C)(C)C)c1nc2c([nH]1)C1CCC2(C)C1(C)C. The van der Waals surface area contributed by atoms with Gasteiger partial charge >= 0.3 is 6.09 Å². The molecule has 5 heteroatoms. The summed E-state index contributed by atoms with van der Waals surface area (Å²) < 4.78 is 5.32. The van der Waals surface area contributed by atoms with Gasteiger partial charge in [0.25, 0.3) is 0 Å². The summed E-state index contributed by atoms with van der Waals surface area (Å²) >= 11 is 0. The zero-order valence-corrected chi connectivity index (χ0v) is 15.3. The molecule has 3 unspecified atom stereocenters. The predicted octanol–water partition coefficient (Wildman–Crippen LogP) is 4.17. The van der Waals surface area contributed by atoms with E-state index in [4.69, 9.17) is 9.72 Å². The van der Waals surface area contributed by atoms with Crippen LogP contribution in [0.15, 0.2) is 0 Å². The lowest BCUT2D eigenvalue weighted by Crippen LogP contribution is -2.35. The van der Waals surface area contributed by atoms with Crippen molar-refractivity contribution in [1.82, 2.24) is 15.3 Å². The highest BCUT2D eigenvalue weighted by atomic mass is 16.6. The minimum Gasteiger partial charge on any atom is -0.444 e. The van der Waals surface area contributed by atoms with Gasteiger partial charge in [0, 0.05) is 17.0 Å². The molecule has 1 saturated carbocycles. The number of aromatic amines is 1. The third-order valence-corrected chi connectivity index (χ3v) is 5.99. The molecule has 0 aromatic carbocycles. The molecule has 1 aromatic heterocycles. The van der Waals surface area contributed by atoms with Gasteiger partial charge in [-0.2, -0.15) is 0 Å². The molecule has 2 bridgehead atoms. The van der Waals surface area contributed by atoms with Gasteiger partial charge in [0.2, 0.25) is 0 Å². The third kappa shape index (κ3) is 2.36.